The number of fused-ring (bicyclic) bond motifs is 1. The van der Waals surface area contributed by atoms with Crippen LogP contribution in [0.2, 0.25) is 5.02 Å². The van der Waals surface area contributed by atoms with E-state index in [1.54, 1.807) is 31.3 Å². The highest BCUT2D eigenvalue weighted by Crippen LogP contribution is 2.27. The third-order valence-electron chi connectivity index (χ3n) is 3.42. The second-order valence-corrected chi connectivity index (χ2v) is 7.21. The zero-order chi connectivity index (χ0) is 16.6. The smallest absolute Gasteiger partial charge is 0.341 e. The number of hydrogen-bond acceptors (Lipinski definition) is 4. The van der Waals surface area contributed by atoms with Crippen molar-refractivity contribution in [3.8, 4) is 5.75 Å². The van der Waals surface area contributed by atoms with Crippen molar-refractivity contribution in [1.82, 2.24) is 4.98 Å². The summed E-state index contributed by atoms with van der Waals surface area (Å²) in [6.45, 7) is 3.69. The monoisotopic (exact) mass is 347 g/mol. The van der Waals surface area contributed by atoms with Crippen LogP contribution in [0.15, 0.2) is 53.6 Å². The first-order valence-corrected chi connectivity index (χ1v) is 8.71. The maximum absolute atomic E-state index is 12.6. The number of para-hydroxylation sites is 1. The molecule has 23 heavy (non-hydrogen) atoms. The molecule has 0 atom stereocenters. The SMILES string of the molecule is Cc1cnc2c(S(=O)(=O)Oc3ccc(Cl)c(C)c3)cccc2c1. The topological polar surface area (TPSA) is 56.3 Å². The Bertz CT molecular complexity index is 1000. The zero-order valence-electron chi connectivity index (χ0n) is 12.6. The summed E-state index contributed by atoms with van der Waals surface area (Å²) in [7, 11) is -3.99. The Morgan fingerprint density at radius 3 is 2.61 bits per heavy atom. The molecule has 118 valence electrons. The highest BCUT2D eigenvalue weighted by atomic mass is 35.5. The third-order valence-corrected chi connectivity index (χ3v) is 5.12. The molecule has 0 fully saturated rings. The lowest BCUT2D eigenvalue weighted by molar-refractivity contribution is 0.486. The Hall–Kier alpha value is -2.11. The average molecular weight is 348 g/mol. The van der Waals surface area contributed by atoms with E-state index in [9.17, 15) is 8.42 Å². The van der Waals surface area contributed by atoms with Gasteiger partial charge in [0.25, 0.3) is 0 Å². The van der Waals surface area contributed by atoms with E-state index in [-0.39, 0.29) is 10.6 Å². The fourth-order valence-corrected chi connectivity index (χ4v) is 3.50. The summed E-state index contributed by atoms with van der Waals surface area (Å²) in [5.41, 5.74) is 2.09. The average Bonchev–Trinajstić information content (AvgIpc) is 2.49. The first kappa shape index (κ1) is 15.8. The minimum atomic E-state index is -3.99. The van der Waals surface area contributed by atoms with E-state index in [1.807, 2.05) is 19.1 Å². The van der Waals surface area contributed by atoms with Crippen molar-refractivity contribution < 1.29 is 12.6 Å². The molecular formula is C17H14ClNO3S. The molecule has 2 aromatic carbocycles. The lowest BCUT2D eigenvalue weighted by Gasteiger charge is -2.10. The van der Waals surface area contributed by atoms with E-state index < -0.39 is 10.1 Å². The largest absolute Gasteiger partial charge is 0.379 e. The minimum absolute atomic E-state index is 0.0441. The number of pyridine rings is 1. The van der Waals surface area contributed by atoms with Crippen molar-refractivity contribution in [1.29, 1.82) is 0 Å². The quantitative estimate of drug-likeness (QED) is 0.664. The van der Waals surface area contributed by atoms with Gasteiger partial charge in [-0.05, 0) is 55.3 Å². The predicted octanol–water partition coefficient (Wildman–Crippen LogP) is 4.27. The number of rotatable bonds is 3. The van der Waals surface area contributed by atoms with Crippen molar-refractivity contribution in [3.63, 3.8) is 0 Å². The van der Waals surface area contributed by atoms with Crippen molar-refractivity contribution >= 4 is 32.6 Å². The van der Waals surface area contributed by atoms with E-state index in [2.05, 4.69) is 4.98 Å². The maximum atomic E-state index is 12.6. The molecule has 1 heterocycles. The molecule has 0 bridgehead atoms. The molecule has 4 nitrogen and oxygen atoms in total. The summed E-state index contributed by atoms with van der Waals surface area (Å²) in [4.78, 5) is 4.28. The van der Waals surface area contributed by atoms with Gasteiger partial charge in [0.05, 0.1) is 5.52 Å². The zero-order valence-corrected chi connectivity index (χ0v) is 14.1. The Morgan fingerprint density at radius 2 is 1.87 bits per heavy atom. The van der Waals surface area contributed by atoms with Gasteiger partial charge < -0.3 is 4.18 Å². The molecule has 0 aliphatic heterocycles. The molecule has 0 amide bonds. The van der Waals surface area contributed by atoms with Crippen LogP contribution < -0.4 is 4.18 Å². The fraction of sp³-hybridized carbons (Fsp3) is 0.118. The summed E-state index contributed by atoms with van der Waals surface area (Å²) in [5.74, 6) is 0.219. The van der Waals surface area contributed by atoms with E-state index in [4.69, 9.17) is 15.8 Å². The molecule has 1 aromatic heterocycles. The number of benzene rings is 2. The van der Waals surface area contributed by atoms with Crippen LogP contribution in [-0.4, -0.2) is 13.4 Å². The summed E-state index contributed by atoms with van der Waals surface area (Å²) < 4.78 is 30.4. The third kappa shape index (κ3) is 3.16. The molecule has 0 saturated carbocycles. The van der Waals surface area contributed by atoms with E-state index in [0.29, 0.717) is 10.5 Å². The van der Waals surface area contributed by atoms with Gasteiger partial charge >= 0.3 is 10.1 Å². The molecule has 6 heteroatoms. The number of aryl methyl sites for hydroxylation is 2. The van der Waals surface area contributed by atoms with Crippen molar-refractivity contribution in [2.45, 2.75) is 18.7 Å². The van der Waals surface area contributed by atoms with Gasteiger partial charge in [-0.15, -0.1) is 0 Å². The molecule has 0 N–H and O–H groups in total. The van der Waals surface area contributed by atoms with E-state index >= 15 is 0 Å². The van der Waals surface area contributed by atoms with Crippen molar-refractivity contribution in [2.24, 2.45) is 0 Å². The molecule has 3 aromatic rings. The van der Waals surface area contributed by atoms with Crippen molar-refractivity contribution in [2.75, 3.05) is 0 Å². The minimum Gasteiger partial charge on any atom is -0.379 e. The van der Waals surface area contributed by atoms with Crippen LogP contribution in [0, 0.1) is 13.8 Å². The van der Waals surface area contributed by atoms with Gasteiger partial charge in [-0.25, -0.2) is 0 Å². The Balaban J connectivity index is 2.07. The molecule has 0 unspecified atom stereocenters. The highest BCUT2D eigenvalue weighted by molar-refractivity contribution is 7.87. The van der Waals surface area contributed by atoms with Gasteiger partial charge in [-0.3, -0.25) is 4.98 Å². The van der Waals surface area contributed by atoms with E-state index in [0.717, 1.165) is 16.5 Å². The second-order valence-electron chi connectivity index (χ2n) is 5.29. The second kappa shape index (κ2) is 5.83. The number of hydrogen-bond donors (Lipinski definition) is 0. The van der Waals surface area contributed by atoms with Crippen molar-refractivity contribution in [3.05, 3.63) is 64.8 Å². The van der Waals surface area contributed by atoms with Crippen LogP contribution in [0.1, 0.15) is 11.1 Å². The first-order valence-electron chi connectivity index (χ1n) is 6.93. The van der Waals surface area contributed by atoms with Crippen LogP contribution in [0.25, 0.3) is 10.9 Å². The molecular weight excluding hydrogens is 334 g/mol. The first-order chi connectivity index (χ1) is 10.9. The summed E-state index contributed by atoms with van der Waals surface area (Å²) in [6.07, 6.45) is 1.63. The summed E-state index contributed by atoms with van der Waals surface area (Å²) >= 11 is 5.95. The summed E-state index contributed by atoms with van der Waals surface area (Å²) in [5, 5.41) is 1.30. The van der Waals surface area contributed by atoms with Crippen LogP contribution in [0.4, 0.5) is 0 Å². The lowest BCUT2D eigenvalue weighted by atomic mass is 10.2. The maximum Gasteiger partial charge on any atom is 0.341 e. The van der Waals surface area contributed by atoms with Gasteiger partial charge in [0, 0.05) is 16.6 Å². The molecule has 0 aliphatic rings. The van der Waals surface area contributed by atoms with Crippen LogP contribution >= 0.6 is 11.6 Å². The molecule has 0 saturated heterocycles. The van der Waals surface area contributed by atoms with E-state index in [1.165, 1.54) is 12.1 Å². The van der Waals surface area contributed by atoms with Gasteiger partial charge in [0.1, 0.15) is 10.6 Å². The van der Waals surface area contributed by atoms with Gasteiger partial charge in [-0.1, -0.05) is 23.7 Å². The Labute approximate surface area is 139 Å². The fourth-order valence-electron chi connectivity index (χ4n) is 2.29. The Morgan fingerprint density at radius 1 is 1.09 bits per heavy atom. The highest BCUT2D eigenvalue weighted by Gasteiger charge is 2.21. The van der Waals surface area contributed by atoms with Crippen LogP contribution in [0.5, 0.6) is 5.75 Å². The normalized spacial score (nSPS) is 11.6. The molecule has 0 spiro atoms. The van der Waals surface area contributed by atoms with Crippen LogP contribution in [-0.2, 0) is 10.1 Å². The number of aromatic nitrogens is 1. The Kier molecular flexibility index (Phi) is 4.00. The van der Waals surface area contributed by atoms with Gasteiger partial charge in [-0.2, -0.15) is 8.42 Å². The molecule has 3 rings (SSSR count). The standard InChI is InChI=1S/C17H14ClNO3S/c1-11-8-13-4-3-5-16(17(13)19-10-11)23(20,21)22-14-6-7-15(18)12(2)9-14/h3-10H,1-2H3. The lowest BCUT2D eigenvalue weighted by Crippen LogP contribution is -2.11. The predicted molar refractivity (Wildman–Crippen MR) is 90.5 cm³/mol. The van der Waals surface area contributed by atoms with Crippen LogP contribution in [0.3, 0.4) is 0 Å². The molecule has 0 aliphatic carbocycles. The molecule has 0 radical (unpaired) electrons. The summed E-state index contributed by atoms with van der Waals surface area (Å²) in [6, 6.07) is 11.6. The van der Waals surface area contributed by atoms with Gasteiger partial charge in [0.2, 0.25) is 0 Å². The van der Waals surface area contributed by atoms with Gasteiger partial charge in [0.15, 0.2) is 0 Å². The number of halogens is 1. The number of nitrogens with zero attached hydrogens (tertiary/aromatic N) is 1.